The second-order valence-corrected chi connectivity index (χ2v) is 11.1. The number of piperazine rings is 1. The van der Waals surface area contributed by atoms with Crippen molar-refractivity contribution in [2.75, 3.05) is 43.4 Å². The van der Waals surface area contributed by atoms with Crippen LogP contribution in [-0.2, 0) is 4.74 Å². The van der Waals surface area contributed by atoms with Crippen molar-refractivity contribution in [1.82, 2.24) is 20.2 Å². The highest BCUT2D eigenvalue weighted by molar-refractivity contribution is 6.06. The number of halogens is 5. The van der Waals surface area contributed by atoms with E-state index in [-0.39, 0.29) is 41.1 Å². The maximum atomic E-state index is 16.6. The summed E-state index contributed by atoms with van der Waals surface area (Å²) in [4.78, 5) is 25.9. The zero-order valence-corrected chi connectivity index (χ0v) is 24.2. The number of carbonyl (C=O) groups is 1. The van der Waals surface area contributed by atoms with Gasteiger partial charge in [-0.05, 0) is 58.2 Å². The molecule has 0 spiro atoms. The van der Waals surface area contributed by atoms with Crippen molar-refractivity contribution >= 4 is 17.5 Å². The van der Waals surface area contributed by atoms with Crippen LogP contribution in [0, 0.1) is 17.5 Å². The number of rotatable bonds is 6. The van der Waals surface area contributed by atoms with Crippen LogP contribution >= 0.6 is 0 Å². The summed E-state index contributed by atoms with van der Waals surface area (Å²) >= 11 is 0. The molecule has 1 aromatic heterocycles. The van der Waals surface area contributed by atoms with Gasteiger partial charge < -0.3 is 25.2 Å². The lowest BCUT2D eigenvalue weighted by Gasteiger charge is -2.39. The third kappa shape index (κ3) is 6.34. The largest absolute Gasteiger partial charge is 0.372 e. The highest BCUT2D eigenvalue weighted by Gasteiger charge is 2.33. The summed E-state index contributed by atoms with van der Waals surface area (Å²) in [5, 5.41) is 5.64. The van der Waals surface area contributed by atoms with Gasteiger partial charge in [-0.25, -0.2) is 31.9 Å². The van der Waals surface area contributed by atoms with E-state index in [2.05, 4.69) is 20.6 Å². The first-order valence-electron chi connectivity index (χ1n) is 14.0. The van der Waals surface area contributed by atoms with Crippen LogP contribution in [0.5, 0.6) is 0 Å². The lowest BCUT2D eigenvalue weighted by molar-refractivity contribution is -0.00572. The molecule has 0 bridgehead atoms. The summed E-state index contributed by atoms with van der Waals surface area (Å²) in [6.07, 6.45) is -2.00. The van der Waals surface area contributed by atoms with E-state index in [0.717, 1.165) is 18.2 Å². The molecule has 1 amide bonds. The zero-order valence-electron chi connectivity index (χ0n) is 24.2. The van der Waals surface area contributed by atoms with Crippen molar-refractivity contribution in [3.8, 4) is 11.3 Å². The van der Waals surface area contributed by atoms with Crippen LogP contribution in [0.3, 0.4) is 0 Å². The van der Waals surface area contributed by atoms with Gasteiger partial charge in [0, 0.05) is 61.1 Å². The Balaban J connectivity index is 1.61. The maximum absolute atomic E-state index is 16.6. The lowest BCUT2D eigenvalue weighted by Crippen LogP contribution is -2.50. The smallest absolute Gasteiger partial charge is 0.264 e. The van der Waals surface area contributed by atoms with E-state index in [9.17, 15) is 18.0 Å². The molecule has 2 saturated heterocycles. The fourth-order valence-corrected chi connectivity index (χ4v) is 5.72. The number of anilines is 2. The Kier molecular flexibility index (Phi) is 8.95. The van der Waals surface area contributed by atoms with Crippen molar-refractivity contribution < 1.29 is 31.5 Å². The Morgan fingerprint density at radius 3 is 2.51 bits per heavy atom. The minimum atomic E-state index is -3.16. The third-order valence-electron chi connectivity index (χ3n) is 7.92. The minimum absolute atomic E-state index is 0.0642. The van der Waals surface area contributed by atoms with Crippen LogP contribution in [0.25, 0.3) is 11.3 Å². The Hall–Kier alpha value is -3.68. The highest BCUT2D eigenvalue weighted by atomic mass is 19.3. The van der Waals surface area contributed by atoms with Gasteiger partial charge in [0.1, 0.15) is 11.6 Å². The predicted octanol–water partition coefficient (Wildman–Crippen LogP) is 5.33. The van der Waals surface area contributed by atoms with Crippen molar-refractivity contribution in [2.24, 2.45) is 0 Å². The minimum Gasteiger partial charge on any atom is -0.372 e. The van der Waals surface area contributed by atoms with Crippen LogP contribution in [0.1, 0.15) is 54.7 Å². The Morgan fingerprint density at radius 2 is 1.81 bits per heavy atom. The van der Waals surface area contributed by atoms with E-state index in [1.807, 2.05) is 37.6 Å². The molecule has 4 atom stereocenters. The van der Waals surface area contributed by atoms with Gasteiger partial charge in [0.2, 0.25) is 5.95 Å². The first kappa shape index (κ1) is 30.8. The zero-order chi connectivity index (χ0) is 31.0. The van der Waals surface area contributed by atoms with E-state index in [4.69, 9.17) is 4.74 Å². The monoisotopic (exact) mass is 604 g/mol. The van der Waals surface area contributed by atoms with Gasteiger partial charge in [-0.2, -0.15) is 0 Å². The quantitative estimate of drug-likeness (QED) is 0.368. The third-order valence-corrected chi connectivity index (χ3v) is 7.92. The number of aromatic nitrogens is 2. The average molecular weight is 605 g/mol. The molecule has 2 fully saturated rings. The van der Waals surface area contributed by atoms with Gasteiger partial charge in [-0.1, -0.05) is 0 Å². The summed E-state index contributed by atoms with van der Waals surface area (Å²) < 4.78 is 79.4. The first-order chi connectivity index (χ1) is 20.4. The van der Waals surface area contributed by atoms with Gasteiger partial charge in [-0.3, -0.25) is 4.79 Å². The van der Waals surface area contributed by atoms with Gasteiger partial charge in [0.05, 0.1) is 29.2 Å². The molecule has 5 rings (SSSR count). The number of amides is 1. The van der Waals surface area contributed by atoms with E-state index >= 15 is 8.78 Å². The summed E-state index contributed by atoms with van der Waals surface area (Å²) in [5.74, 6) is -3.83. The molecule has 0 saturated carbocycles. The molecule has 13 heteroatoms. The standard InChI is InChI=1S/C30H33F5N6O2/c1-15-13-41(14-16(2)43-15)30-37-8-7-23(38-30)24-22(32)12-21(26-17(3)40(4)10-9-36-26)27(25(24)33)39-29(42)19-6-5-18(31)11-20(19)28(34)35/h5-8,11-12,15-17,26,28,36H,9-10,13-14H2,1-4H3,(H,39,42)/t15-,16+,17?,26-/m1/s1. The number of alkyl halides is 2. The van der Waals surface area contributed by atoms with E-state index < -0.39 is 52.5 Å². The Labute approximate surface area is 246 Å². The van der Waals surface area contributed by atoms with Crippen molar-refractivity contribution in [1.29, 1.82) is 0 Å². The van der Waals surface area contributed by atoms with Gasteiger partial charge in [0.15, 0.2) is 5.82 Å². The molecule has 2 aliphatic rings. The summed E-state index contributed by atoms with van der Waals surface area (Å²) in [6, 6.07) is 3.95. The summed E-state index contributed by atoms with van der Waals surface area (Å²) in [6.45, 7) is 7.79. The molecule has 0 aliphatic carbocycles. The molecule has 3 heterocycles. The highest BCUT2D eigenvalue weighted by Crippen LogP contribution is 2.38. The van der Waals surface area contributed by atoms with Crippen LogP contribution in [0.4, 0.5) is 33.6 Å². The topological polar surface area (TPSA) is 82.6 Å². The number of hydrogen-bond acceptors (Lipinski definition) is 7. The normalized spacial score (nSPS) is 23.1. The van der Waals surface area contributed by atoms with E-state index in [1.54, 1.807) is 0 Å². The number of ether oxygens (including phenoxy) is 1. The van der Waals surface area contributed by atoms with Crippen LogP contribution in [0.2, 0.25) is 0 Å². The molecule has 2 aliphatic heterocycles. The second-order valence-electron chi connectivity index (χ2n) is 11.1. The number of nitrogens with zero attached hydrogens (tertiary/aromatic N) is 4. The first-order valence-corrected chi connectivity index (χ1v) is 14.0. The molecule has 2 aromatic carbocycles. The lowest BCUT2D eigenvalue weighted by atomic mass is 9.93. The van der Waals surface area contributed by atoms with Crippen molar-refractivity contribution in [3.63, 3.8) is 0 Å². The van der Waals surface area contributed by atoms with Gasteiger partial charge in [-0.15, -0.1) is 0 Å². The number of nitrogens with one attached hydrogen (secondary N) is 2. The summed E-state index contributed by atoms with van der Waals surface area (Å²) in [7, 11) is 1.86. The SMILES string of the molecule is CC1[C@H](c2cc(F)c(-c3ccnc(N4C[C@@H](C)O[C@@H](C)C4)n3)c(F)c2NC(=O)c2ccc(F)cc2C(F)F)NCCN1C. The van der Waals surface area contributed by atoms with Gasteiger partial charge >= 0.3 is 0 Å². The molecule has 2 N–H and O–H groups in total. The van der Waals surface area contributed by atoms with Gasteiger partial charge in [0.25, 0.3) is 12.3 Å². The van der Waals surface area contributed by atoms with Crippen LogP contribution in [-0.4, -0.2) is 72.3 Å². The predicted molar refractivity (Wildman–Crippen MR) is 152 cm³/mol. The number of likely N-dealkylation sites (N-methyl/N-ethyl adjacent to an activating group) is 1. The molecule has 8 nitrogen and oxygen atoms in total. The van der Waals surface area contributed by atoms with E-state index in [0.29, 0.717) is 32.2 Å². The molecule has 0 radical (unpaired) electrons. The Morgan fingerprint density at radius 1 is 1.09 bits per heavy atom. The molecule has 3 aromatic rings. The van der Waals surface area contributed by atoms with Crippen molar-refractivity contribution in [3.05, 3.63) is 70.7 Å². The number of benzene rings is 2. The maximum Gasteiger partial charge on any atom is 0.264 e. The molecule has 230 valence electrons. The fourth-order valence-electron chi connectivity index (χ4n) is 5.72. The number of hydrogen-bond donors (Lipinski definition) is 2. The molecule has 1 unspecified atom stereocenters. The fraction of sp³-hybridized carbons (Fsp3) is 0.433. The summed E-state index contributed by atoms with van der Waals surface area (Å²) in [5.41, 5.74) is -2.25. The molecule has 43 heavy (non-hydrogen) atoms. The van der Waals surface area contributed by atoms with Crippen molar-refractivity contribution in [2.45, 2.75) is 51.5 Å². The molecular formula is C30H33F5N6O2. The number of morpholine rings is 1. The molecular weight excluding hydrogens is 571 g/mol. The average Bonchev–Trinajstić information content (AvgIpc) is 2.95. The Bertz CT molecular complexity index is 1500. The second kappa shape index (κ2) is 12.5. The van der Waals surface area contributed by atoms with Crippen LogP contribution in [0.15, 0.2) is 36.5 Å². The number of carbonyl (C=O) groups excluding carboxylic acids is 1. The van der Waals surface area contributed by atoms with E-state index in [1.165, 1.54) is 12.3 Å². The van der Waals surface area contributed by atoms with Crippen LogP contribution < -0.4 is 15.5 Å².